The van der Waals surface area contributed by atoms with E-state index in [1.54, 1.807) is 12.1 Å². The minimum Gasteiger partial charge on any atom is -0.352 e. The van der Waals surface area contributed by atoms with Crippen LogP contribution in [-0.4, -0.2) is 11.9 Å². The fourth-order valence-electron chi connectivity index (χ4n) is 2.77. The van der Waals surface area contributed by atoms with Gasteiger partial charge in [-0.1, -0.05) is 63.2 Å². The Balaban J connectivity index is 0.00000338. The van der Waals surface area contributed by atoms with Crippen molar-refractivity contribution in [3.05, 3.63) is 71.5 Å². The number of hydrogen-bond acceptors (Lipinski definition) is 2. The fraction of sp³-hybridized carbons (Fsp3) is 0.381. The van der Waals surface area contributed by atoms with Crippen molar-refractivity contribution in [2.75, 3.05) is 0 Å². The predicted molar refractivity (Wildman–Crippen MR) is 107 cm³/mol. The molecule has 1 amide bonds. The molecule has 0 aliphatic carbocycles. The second-order valence-electron chi connectivity index (χ2n) is 6.91. The summed E-state index contributed by atoms with van der Waals surface area (Å²) in [6.07, 6.45) is 0.664. The Morgan fingerprint density at radius 2 is 1.62 bits per heavy atom. The number of halogens is 2. The van der Waals surface area contributed by atoms with E-state index in [2.05, 4.69) is 19.2 Å². The molecule has 2 aromatic carbocycles. The first-order valence-corrected chi connectivity index (χ1v) is 8.74. The average molecular weight is 379 g/mol. The lowest BCUT2D eigenvalue weighted by molar-refractivity contribution is -0.126. The molecular weight excluding hydrogens is 351 g/mol. The molecule has 2 aromatic rings. The lowest BCUT2D eigenvalue weighted by Gasteiger charge is -2.26. The van der Waals surface area contributed by atoms with Gasteiger partial charge >= 0.3 is 0 Å². The van der Waals surface area contributed by atoms with Gasteiger partial charge in [0.2, 0.25) is 5.91 Å². The van der Waals surface area contributed by atoms with Gasteiger partial charge in [-0.15, -0.1) is 12.4 Å². The smallest absolute Gasteiger partial charge is 0.224 e. The van der Waals surface area contributed by atoms with E-state index < -0.39 is 0 Å². The normalized spacial score (nSPS) is 14.2. The number of carbonyl (C=O) groups is 1. The van der Waals surface area contributed by atoms with E-state index in [9.17, 15) is 9.18 Å². The molecule has 0 saturated heterocycles. The Kier molecular flexibility index (Phi) is 8.76. The van der Waals surface area contributed by atoms with Crippen LogP contribution in [0.15, 0.2) is 54.6 Å². The summed E-state index contributed by atoms with van der Waals surface area (Å²) in [7, 11) is 0. The molecule has 2 rings (SSSR count). The van der Waals surface area contributed by atoms with E-state index in [0.29, 0.717) is 6.42 Å². The second-order valence-corrected chi connectivity index (χ2v) is 6.91. The van der Waals surface area contributed by atoms with E-state index in [1.165, 1.54) is 12.1 Å². The van der Waals surface area contributed by atoms with Crippen molar-refractivity contribution in [2.45, 2.75) is 39.3 Å². The van der Waals surface area contributed by atoms with Gasteiger partial charge in [0.25, 0.3) is 0 Å². The van der Waals surface area contributed by atoms with Crippen LogP contribution in [0.25, 0.3) is 0 Å². The van der Waals surface area contributed by atoms with Crippen LogP contribution in [0.2, 0.25) is 0 Å². The molecule has 0 radical (unpaired) electrons. The van der Waals surface area contributed by atoms with Crippen molar-refractivity contribution >= 4 is 18.3 Å². The minimum atomic E-state index is -0.347. The van der Waals surface area contributed by atoms with E-state index >= 15 is 0 Å². The van der Waals surface area contributed by atoms with Gasteiger partial charge in [0, 0.05) is 12.1 Å². The van der Waals surface area contributed by atoms with Gasteiger partial charge in [-0.25, -0.2) is 4.39 Å². The third-order valence-electron chi connectivity index (χ3n) is 4.64. The molecule has 5 heteroatoms. The predicted octanol–water partition coefficient (Wildman–Crippen LogP) is 4.27. The molecule has 3 unspecified atom stereocenters. The highest BCUT2D eigenvalue weighted by Crippen LogP contribution is 2.20. The molecule has 0 saturated carbocycles. The van der Waals surface area contributed by atoms with Gasteiger partial charge in [0.1, 0.15) is 5.82 Å². The summed E-state index contributed by atoms with van der Waals surface area (Å²) in [5.41, 5.74) is 8.21. The zero-order chi connectivity index (χ0) is 18.4. The highest BCUT2D eigenvalue weighted by molar-refractivity contribution is 5.85. The highest BCUT2D eigenvalue weighted by atomic mass is 35.5. The topological polar surface area (TPSA) is 55.1 Å². The number of carbonyl (C=O) groups excluding carboxylic acids is 1. The van der Waals surface area contributed by atoms with Crippen LogP contribution >= 0.6 is 12.4 Å². The van der Waals surface area contributed by atoms with Gasteiger partial charge in [-0.2, -0.15) is 0 Å². The van der Waals surface area contributed by atoms with E-state index in [0.717, 1.165) is 11.1 Å². The molecule has 0 spiro atoms. The van der Waals surface area contributed by atoms with Gasteiger partial charge in [0.15, 0.2) is 0 Å². The Hall–Kier alpha value is -1.91. The lowest BCUT2D eigenvalue weighted by Crippen LogP contribution is -2.44. The summed E-state index contributed by atoms with van der Waals surface area (Å²) in [6.45, 7) is 5.98. The third-order valence-corrected chi connectivity index (χ3v) is 4.64. The molecule has 26 heavy (non-hydrogen) atoms. The van der Waals surface area contributed by atoms with Crippen LogP contribution in [0.3, 0.4) is 0 Å². The number of rotatable bonds is 7. The van der Waals surface area contributed by atoms with Crippen molar-refractivity contribution < 1.29 is 9.18 Å². The Morgan fingerprint density at radius 1 is 1.04 bits per heavy atom. The monoisotopic (exact) mass is 378 g/mol. The molecule has 0 aliphatic rings. The summed E-state index contributed by atoms with van der Waals surface area (Å²) in [5, 5.41) is 3.12. The first-order valence-electron chi connectivity index (χ1n) is 8.74. The number of hydrogen-bond donors (Lipinski definition) is 2. The zero-order valence-electron chi connectivity index (χ0n) is 15.5. The van der Waals surface area contributed by atoms with Crippen molar-refractivity contribution in [1.29, 1.82) is 0 Å². The van der Waals surface area contributed by atoms with E-state index in [1.807, 2.05) is 37.3 Å². The summed E-state index contributed by atoms with van der Waals surface area (Å²) >= 11 is 0. The molecular formula is C21H28ClFN2O. The quantitative estimate of drug-likeness (QED) is 0.756. The zero-order valence-corrected chi connectivity index (χ0v) is 16.3. The molecule has 0 fully saturated rings. The van der Waals surface area contributed by atoms with Gasteiger partial charge in [0.05, 0.1) is 5.92 Å². The fourth-order valence-corrected chi connectivity index (χ4v) is 2.77. The number of benzene rings is 2. The van der Waals surface area contributed by atoms with Crippen LogP contribution in [-0.2, 0) is 11.2 Å². The van der Waals surface area contributed by atoms with Crippen LogP contribution in [0.4, 0.5) is 4.39 Å². The number of amides is 1. The molecule has 0 aromatic heterocycles. The first kappa shape index (κ1) is 22.1. The van der Waals surface area contributed by atoms with Crippen LogP contribution in [0, 0.1) is 17.7 Å². The maximum Gasteiger partial charge on any atom is 0.224 e. The van der Waals surface area contributed by atoms with Crippen LogP contribution in [0.1, 0.15) is 37.9 Å². The Labute approximate surface area is 161 Å². The van der Waals surface area contributed by atoms with E-state index in [4.69, 9.17) is 5.73 Å². The largest absolute Gasteiger partial charge is 0.352 e. The molecule has 142 valence electrons. The van der Waals surface area contributed by atoms with Crippen molar-refractivity contribution in [3.63, 3.8) is 0 Å². The van der Waals surface area contributed by atoms with Crippen molar-refractivity contribution in [2.24, 2.45) is 17.6 Å². The van der Waals surface area contributed by atoms with Gasteiger partial charge in [-0.05, 0) is 35.6 Å². The average Bonchev–Trinajstić information content (AvgIpc) is 2.62. The molecule has 0 bridgehead atoms. The number of nitrogens with two attached hydrogens (primary N) is 1. The Bertz CT molecular complexity index is 676. The SMILES string of the molecule is CC(C)C(Cc1ccc(F)cc1)NC(=O)C(C)C(N)c1ccccc1.Cl. The van der Waals surface area contributed by atoms with Gasteiger partial charge in [-0.3, -0.25) is 4.79 Å². The lowest BCUT2D eigenvalue weighted by atomic mass is 9.92. The second kappa shape index (κ2) is 10.3. The summed E-state index contributed by atoms with van der Waals surface area (Å²) in [6, 6.07) is 15.7. The highest BCUT2D eigenvalue weighted by Gasteiger charge is 2.25. The van der Waals surface area contributed by atoms with Crippen molar-refractivity contribution in [3.8, 4) is 0 Å². The van der Waals surface area contributed by atoms with Gasteiger partial charge < -0.3 is 11.1 Å². The first-order chi connectivity index (χ1) is 11.9. The van der Waals surface area contributed by atoms with Crippen LogP contribution in [0.5, 0.6) is 0 Å². The summed E-state index contributed by atoms with van der Waals surface area (Å²) < 4.78 is 13.1. The molecule has 3 nitrogen and oxygen atoms in total. The van der Waals surface area contributed by atoms with Crippen molar-refractivity contribution in [1.82, 2.24) is 5.32 Å². The molecule has 0 heterocycles. The van der Waals surface area contributed by atoms with Crippen LogP contribution < -0.4 is 11.1 Å². The van der Waals surface area contributed by atoms with E-state index in [-0.39, 0.29) is 48.1 Å². The molecule has 0 aliphatic heterocycles. The maximum absolute atomic E-state index is 13.1. The standard InChI is InChI=1S/C21H27FN2O.ClH/c1-14(2)19(13-16-9-11-18(22)12-10-16)24-21(25)15(3)20(23)17-7-5-4-6-8-17;/h4-12,14-15,19-20H,13,23H2,1-3H3,(H,24,25);1H. The number of nitrogens with one attached hydrogen (secondary N) is 1. The summed E-state index contributed by atoms with van der Waals surface area (Å²) in [4.78, 5) is 12.7. The Morgan fingerprint density at radius 3 is 2.15 bits per heavy atom. The maximum atomic E-state index is 13.1. The minimum absolute atomic E-state index is 0. The molecule has 3 N–H and O–H groups in total. The molecule has 3 atom stereocenters. The summed E-state index contributed by atoms with van der Waals surface area (Å²) in [5.74, 6) is -0.389. The third kappa shape index (κ3) is 6.11.